The number of halogens is 1. The second-order valence-electron chi connectivity index (χ2n) is 9.15. The van der Waals surface area contributed by atoms with Crippen molar-refractivity contribution in [3.05, 3.63) is 60.2 Å². The first-order valence-corrected chi connectivity index (χ1v) is 11.4. The van der Waals surface area contributed by atoms with E-state index in [1.807, 2.05) is 22.7 Å². The Morgan fingerprint density at radius 1 is 1.20 bits per heavy atom. The summed E-state index contributed by atoms with van der Waals surface area (Å²) in [5, 5.41) is 19.7. The Morgan fingerprint density at radius 3 is 2.69 bits per heavy atom. The Bertz CT molecular complexity index is 1510. The lowest BCUT2D eigenvalue weighted by atomic mass is 9.98. The number of benzene rings is 2. The quantitative estimate of drug-likeness (QED) is 0.467. The zero-order chi connectivity index (χ0) is 24.3. The number of anilines is 1. The lowest BCUT2D eigenvalue weighted by molar-refractivity contribution is 0.373. The number of hydrogen-bond acceptors (Lipinski definition) is 7. The number of phenols is 1. The van der Waals surface area contributed by atoms with Crippen molar-refractivity contribution in [1.29, 1.82) is 5.26 Å². The van der Waals surface area contributed by atoms with Crippen LogP contribution in [0.4, 0.5) is 10.3 Å². The van der Waals surface area contributed by atoms with Crippen LogP contribution in [0.2, 0.25) is 0 Å². The SMILES string of the molecule is COc1ccc(-c2c(-c3ccc(C#N)c(F)c3)nc(N3CC4CC3CC4N)n3ccnc23)cc1O. The summed E-state index contributed by atoms with van der Waals surface area (Å²) in [5.41, 5.74) is 9.20. The number of phenolic OH excluding ortho intramolecular Hbond substituents is 1. The minimum atomic E-state index is -0.619. The summed E-state index contributed by atoms with van der Waals surface area (Å²) >= 11 is 0. The predicted octanol–water partition coefficient (Wildman–Crippen LogP) is 3.71. The van der Waals surface area contributed by atoms with Gasteiger partial charge in [-0.1, -0.05) is 12.1 Å². The van der Waals surface area contributed by atoms with Crippen LogP contribution >= 0.6 is 0 Å². The Hall–Kier alpha value is -4.16. The number of aromatic hydroxyl groups is 1. The molecule has 3 unspecified atom stereocenters. The van der Waals surface area contributed by atoms with Gasteiger partial charge in [0.05, 0.1) is 23.9 Å². The average Bonchev–Trinajstić information content (AvgIpc) is 3.59. The van der Waals surface area contributed by atoms with E-state index in [4.69, 9.17) is 15.5 Å². The van der Waals surface area contributed by atoms with Gasteiger partial charge in [0.15, 0.2) is 11.5 Å². The molecule has 2 aromatic heterocycles. The summed E-state index contributed by atoms with van der Waals surface area (Å²) < 4.78 is 21.8. The Kier molecular flexibility index (Phi) is 4.86. The van der Waals surface area contributed by atoms with Crippen LogP contribution < -0.4 is 15.4 Å². The second kappa shape index (κ2) is 7.96. The number of nitrogens with two attached hydrogens (primary N) is 1. The third-order valence-corrected chi connectivity index (χ3v) is 7.21. The number of imidazole rings is 1. The normalized spacial score (nSPS) is 21.0. The van der Waals surface area contributed by atoms with Crippen molar-refractivity contribution in [3.63, 3.8) is 0 Å². The highest BCUT2D eigenvalue weighted by atomic mass is 19.1. The van der Waals surface area contributed by atoms with Gasteiger partial charge in [-0.2, -0.15) is 5.26 Å². The number of ether oxygens (including phenoxy) is 1. The Labute approximate surface area is 201 Å². The molecule has 1 saturated heterocycles. The number of aromatic nitrogens is 3. The van der Waals surface area contributed by atoms with Gasteiger partial charge in [0.2, 0.25) is 5.95 Å². The number of rotatable bonds is 4. The molecule has 176 valence electrons. The van der Waals surface area contributed by atoms with Crippen molar-refractivity contribution >= 4 is 11.6 Å². The van der Waals surface area contributed by atoms with Crippen LogP contribution in [0.1, 0.15) is 18.4 Å². The first-order chi connectivity index (χ1) is 17.0. The topological polar surface area (TPSA) is 113 Å². The highest BCUT2D eigenvalue weighted by Crippen LogP contribution is 2.43. The van der Waals surface area contributed by atoms with E-state index >= 15 is 0 Å². The highest BCUT2D eigenvalue weighted by Gasteiger charge is 2.44. The number of hydrogen-bond donors (Lipinski definition) is 2. The van der Waals surface area contributed by atoms with Crippen molar-refractivity contribution in [2.24, 2.45) is 11.7 Å². The smallest absolute Gasteiger partial charge is 0.212 e. The van der Waals surface area contributed by atoms with Crippen LogP contribution in [0.15, 0.2) is 48.8 Å². The van der Waals surface area contributed by atoms with E-state index in [0.29, 0.717) is 39.7 Å². The van der Waals surface area contributed by atoms with Crippen LogP contribution in [0.5, 0.6) is 11.5 Å². The molecule has 1 aliphatic heterocycles. The van der Waals surface area contributed by atoms with Crippen LogP contribution in [-0.2, 0) is 0 Å². The molecule has 3 heterocycles. The van der Waals surface area contributed by atoms with Crippen molar-refractivity contribution in [3.8, 4) is 40.0 Å². The number of nitrogens with zero attached hydrogens (tertiary/aromatic N) is 5. The molecule has 0 radical (unpaired) electrons. The zero-order valence-corrected chi connectivity index (χ0v) is 19.0. The molecule has 2 aromatic carbocycles. The fourth-order valence-electron chi connectivity index (χ4n) is 5.48. The van der Waals surface area contributed by atoms with Gasteiger partial charge in [0, 0.05) is 36.6 Å². The maximum absolute atomic E-state index is 14.7. The summed E-state index contributed by atoms with van der Waals surface area (Å²) in [6.45, 7) is 0.802. The van der Waals surface area contributed by atoms with Gasteiger partial charge >= 0.3 is 0 Å². The first kappa shape index (κ1) is 21.4. The van der Waals surface area contributed by atoms with Gasteiger partial charge < -0.3 is 20.5 Å². The van der Waals surface area contributed by atoms with E-state index in [1.54, 1.807) is 24.4 Å². The minimum Gasteiger partial charge on any atom is -0.504 e. The summed E-state index contributed by atoms with van der Waals surface area (Å²) in [4.78, 5) is 12.0. The monoisotopic (exact) mass is 470 g/mol. The fourth-order valence-corrected chi connectivity index (χ4v) is 5.48. The molecule has 2 bridgehead atoms. The van der Waals surface area contributed by atoms with Gasteiger partial charge in [-0.3, -0.25) is 4.40 Å². The van der Waals surface area contributed by atoms with Gasteiger partial charge in [0.1, 0.15) is 17.5 Å². The van der Waals surface area contributed by atoms with E-state index in [1.165, 1.54) is 19.2 Å². The van der Waals surface area contributed by atoms with Gasteiger partial charge in [-0.15, -0.1) is 0 Å². The maximum atomic E-state index is 14.7. The molecule has 8 nitrogen and oxygen atoms in total. The van der Waals surface area contributed by atoms with Crippen LogP contribution in [-0.4, -0.2) is 45.2 Å². The number of nitriles is 1. The molecule has 6 rings (SSSR count). The molecule has 9 heteroatoms. The third-order valence-electron chi connectivity index (χ3n) is 7.21. The van der Waals surface area contributed by atoms with Gasteiger partial charge in [-0.05, 0) is 48.6 Å². The van der Waals surface area contributed by atoms with E-state index in [0.717, 1.165) is 25.3 Å². The Morgan fingerprint density at radius 2 is 2.03 bits per heavy atom. The predicted molar refractivity (Wildman–Crippen MR) is 129 cm³/mol. The molecule has 4 aromatic rings. The van der Waals surface area contributed by atoms with Crippen LogP contribution in [0.25, 0.3) is 28.0 Å². The molecule has 3 N–H and O–H groups in total. The molecule has 3 atom stereocenters. The summed E-state index contributed by atoms with van der Waals surface area (Å²) in [7, 11) is 1.48. The van der Waals surface area contributed by atoms with E-state index in [9.17, 15) is 14.8 Å². The van der Waals surface area contributed by atoms with Crippen LogP contribution in [0.3, 0.4) is 0 Å². The number of methoxy groups -OCH3 is 1. The minimum absolute atomic E-state index is 0.0263. The largest absolute Gasteiger partial charge is 0.504 e. The highest BCUT2D eigenvalue weighted by molar-refractivity contribution is 5.91. The summed E-state index contributed by atoms with van der Waals surface area (Å²) in [6.07, 6.45) is 5.49. The molecule has 35 heavy (non-hydrogen) atoms. The molecule has 2 aliphatic rings. The first-order valence-electron chi connectivity index (χ1n) is 11.4. The van der Waals surface area contributed by atoms with Crippen molar-refractivity contribution in [2.75, 3.05) is 18.6 Å². The van der Waals surface area contributed by atoms with Crippen LogP contribution in [0, 0.1) is 23.1 Å². The molecular weight excluding hydrogens is 447 g/mol. The van der Waals surface area contributed by atoms with E-state index in [2.05, 4.69) is 9.88 Å². The second-order valence-corrected chi connectivity index (χ2v) is 9.15. The molecule has 1 saturated carbocycles. The molecule has 0 spiro atoms. The lowest BCUT2D eigenvalue weighted by Gasteiger charge is -2.31. The molecule has 1 aliphatic carbocycles. The fraction of sp³-hybridized carbons (Fsp3) is 0.269. The summed E-state index contributed by atoms with van der Waals surface area (Å²) in [6, 6.07) is 11.9. The van der Waals surface area contributed by atoms with E-state index in [-0.39, 0.29) is 23.4 Å². The third kappa shape index (κ3) is 3.29. The zero-order valence-electron chi connectivity index (χ0n) is 19.0. The van der Waals surface area contributed by atoms with Gasteiger partial charge in [0.25, 0.3) is 0 Å². The maximum Gasteiger partial charge on any atom is 0.212 e. The molecular formula is C26H23FN6O2. The van der Waals surface area contributed by atoms with Crippen molar-refractivity contribution in [1.82, 2.24) is 14.4 Å². The van der Waals surface area contributed by atoms with Crippen molar-refractivity contribution < 1.29 is 14.2 Å². The number of fused-ring (bicyclic) bond motifs is 3. The van der Waals surface area contributed by atoms with E-state index < -0.39 is 5.82 Å². The van der Waals surface area contributed by atoms with Crippen molar-refractivity contribution in [2.45, 2.75) is 24.9 Å². The number of piperidine rings is 1. The van der Waals surface area contributed by atoms with Gasteiger partial charge in [-0.25, -0.2) is 14.4 Å². The Balaban J connectivity index is 1.61. The summed E-state index contributed by atoms with van der Waals surface area (Å²) in [5.74, 6) is 0.827. The standard InChI is InChI=1S/C26H23FN6O2/c1-35-22-5-4-14(10-21(22)34)23-24(15-2-3-16(12-28)19(27)9-15)31-26(32-7-6-30-25(23)32)33-13-17-8-18(33)11-20(17)29/h2-7,9-10,17-18,20,34H,8,11,13,29H2,1H3. The molecule has 0 amide bonds. The lowest BCUT2D eigenvalue weighted by Crippen LogP contribution is -2.42. The average molecular weight is 471 g/mol. The molecule has 2 fully saturated rings.